The first kappa shape index (κ1) is 34.3. The van der Waals surface area contributed by atoms with E-state index in [1.807, 2.05) is 0 Å². The van der Waals surface area contributed by atoms with Crippen molar-refractivity contribution < 1.29 is 59.9 Å². The molecule has 0 bridgehead atoms. The number of aromatic hydroxyl groups is 7. The third-order valence-corrected chi connectivity index (χ3v) is 10.2. The van der Waals surface area contributed by atoms with E-state index in [0.717, 1.165) is 23.8 Å². The van der Waals surface area contributed by atoms with Crippen LogP contribution in [0, 0.1) is 5.92 Å². The summed E-state index contributed by atoms with van der Waals surface area (Å²) in [6, 6.07) is 12.3. The molecule has 12 heteroatoms. The Morgan fingerprint density at radius 2 is 1.48 bits per heavy atom. The molecule has 12 nitrogen and oxygen atoms in total. The monoisotopic (exact) mass is 708 g/mol. The summed E-state index contributed by atoms with van der Waals surface area (Å²) >= 11 is 0. The lowest BCUT2D eigenvalue weighted by Gasteiger charge is -2.43. The maximum atomic E-state index is 14.8. The van der Waals surface area contributed by atoms with E-state index in [2.05, 4.69) is 0 Å². The van der Waals surface area contributed by atoms with Crippen molar-refractivity contribution in [3.05, 3.63) is 112 Å². The minimum absolute atomic E-state index is 0.0310. The van der Waals surface area contributed by atoms with Crippen molar-refractivity contribution >= 4 is 11.6 Å². The molecule has 2 heterocycles. The number of hydrogen-bond donors (Lipinski definition) is 8. The van der Waals surface area contributed by atoms with Gasteiger partial charge in [0.1, 0.15) is 57.3 Å². The molecular formula is C40H36O12. The van der Waals surface area contributed by atoms with E-state index in [1.165, 1.54) is 42.5 Å². The molecule has 0 saturated heterocycles. The molecule has 1 aliphatic carbocycles. The van der Waals surface area contributed by atoms with Gasteiger partial charge < -0.3 is 50.3 Å². The van der Waals surface area contributed by atoms with Gasteiger partial charge in [-0.1, -0.05) is 29.4 Å². The predicted octanol–water partition coefficient (Wildman–Crippen LogP) is 6.25. The van der Waals surface area contributed by atoms with E-state index in [9.17, 15) is 50.4 Å². The van der Waals surface area contributed by atoms with Gasteiger partial charge in [0.05, 0.1) is 11.1 Å². The lowest BCUT2D eigenvalue weighted by molar-refractivity contribution is -0.221. The lowest BCUT2D eigenvalue weighted by Crippen LogP contribution is -2.62. The number of Topliss-reactive ketones (excluding diaryl/α,β-unsaturated/α-hetero) is 2. The smallest absolute Gasteiger partial charge is 0.286 e. The Labute approximate surface area is 297 Å². The van der Waals surface area contributed by atoms with Gasteiger partial charge in [0.25, 0.3) is 5.79 Å². The van der Waals surface area contributed by atoms with E-state index in [4.69, 9.17) is 9.47 Å². The molecule has 4 aromatic carbocycles. The fourth-order valence-corrected chi connectivity index (χ4v) is 7.81. The second-order valence-electron chi connectivity index (χ2n) is 13.9. The highest BCUT2D eigenvalue weighted by Crippen LogP contribution is 2.60. The van der Waals surface area contributed by atoms with Crippen molar-refractivity contribution in [1.82, 2.24) is 0 Å². The number of phenols is 7. The molecule has 3 aliphatic rings. The maximum absolute atomic E-state index is 14.8. The summed E-state index contributed by atoms with van der Waals surface area (Å²) in [4.78, 5) is 29.4. The number of benzene rings is 4. The Balaban J connectivity index is 1.44. The topological polar surface area (TPSA) is 214 Å². The zero-order chi connectivity index (χ0) is 37.4. The number of allylic oxidation sites excluding steroid dienone is 3. The number of phenolic OH excluding ortho intramolecular Hbond substituents is 7. The summed E-state index contributed by atoms with van der Waals surface area (Å²) in [5.74, 6) is -10.6. The van der Waals surface area contributed by atoms with Crippen molar-refractivity contribution in [2.24, 2.45) is 5.92 Å². The number of aliphatic hydroxyl groups is 1. The molecule has 0 aromatic heterocycles. The van der Waals surface area contributed by atoms with E-state index < -0.39 is 63.5 Å². The highest BCUT2D eigenvalue weighted by atomic mass is 16.7. The number of carbonyl (C=O) groups is 2. The van der Waals surface area contributed by atoms with E-state index in [1.54, 1.807) is 32.9 Å². The number of carbonyl (C=O) groups excluding carboxylic acids is 2. The Bertz CT molecular complexity index is 2250. The van der Waals surface area contributed by atoms with Gasteiger partial charge in [-0.3, -0.25) is 9.59 Å². The molecule has 8 N–H and O–H groups in total. The maximum Gasteiger partial charge on any atom is 0.286 e. The van der Waals surface area contributed by atoms with Crippen LogP contribution in [0.5, 0.6) is 51.7 Å². The Morgan fingerprint density at radius 1 is 0.827 bits per heavy atom. The molecule has 0 saturated carbocycles. The van der Waals surface area contributed by atoms with Crippen molar-refractivity contribution in [3.63, 3.8) is 0 Å². The second-order valence-corrected chi connectivity index (χ2v) is 13.9. The summed E-state index contributed by atoms with van der Waals surface area (Å²) in [5, 5.41) is 87.9. The van der Waals surface area contributed by atoms with Gasteiger partial charge in [0.2, 0.25) is 11.4 Å². The number of fused-ring (bicyclic) bond motifs is 4. The molecular weight excluding hydrogens is 672 g/mol. The molecule has 0 fully saturated rings. The van der Waals surface area contributed by atoms with E-state index in [0.29, 0.717) is 5.57 Å². The second kappa shape index (κ2) is 12.0. The normalized spacial score (nSPS) is 24.4. The minimum atomic E-state index is -2.45. The standard InChI is InChI=1S/C40H36O12/c1-18(2)10-11-39-38(49)35-32(52-40(39,50)27-9-6-22(43)16-31(27)51-39)17-30(46)34(37(35)48)26-13-19(3)12-25(23-7-4-20(41)14-28(23)44)33(26)36(47)24-8-5-21(42)15-29(24)45/h4-10,13-17,25-26,33,41-46,48,50H,11-12H2,1-3H3/t25-,26+,33-,39-,40-/m1/s1. The van der Waals surface area contributed by atoms with Crippen molar-refractivity contribution in [1.29, 1.82) is 0 Å². The Hall–Kier alpha value is -6.14. The lowest BCUT2D eigenvalue weighted by atomic mass is 9.65. The SMILES string of the molecule is CC(C)=CC[C@]12Oc3cc(O)ccc3[C@@]1(O)Oc1cc(O)c([C@H]3C=C(C)C[C@H](c4ccc(O)cc4O)[C@H]3C(=O)c3ccc(O)cc3O)c(O)c1C2=O. The summed E-state index contributed by atoms with van der Waals surface area (Å²) in [7, 11) is 0. The zero-order valence-electron chi connectivity index (χ0n) is 28.3. The highest BCUT2D eigenvalue weighted by molar-refractivity contribution is 6.10. The van der Waals surface area contributed by atoms with Crippen LogP contribution in [0.25, 0.3) is 0 Å². The molecule has 0 amide bonds. The van der Waals surface area contributed by atoms with Crippen LogP contribution in [0.3, 0.4) is 0 Å². The van der Waals surface area contributed by atoms with Crippen LogP contribution >= 0.6 is 0 Å². The fraction of sp³-hybridized carbons (Fsp3) is 0.250. The molecule has 5 atom stereocenters. The molecule has 0 unspecified atom stereocenters. The van der Waals surface area contributed by atoms with E-state index >= 15 is 0 Å². The Morgan fingerprint density at radius 3 is 2.15 bits per heavy atom. The van der Waals surface area contributed by atoms with Crippen LogP contribution in [-0.2, 0) is 5.79 Å². The summed E-state index contributed by atoms with van der Waals surface area (Å²) in [6.45, 7) is 5.31. The third-order valence-electron chi connectivity index (χ3n) is 10.2. The van der Waals surface area contributed by atoms with Gasteiger partial charge >= 0.3 is 0 Å². The van der Waals surface area contributed by atoms with Crippen molar-refractivity contribution in [2.45, 2.75) is 56.8 Å². The minimum Gasteiger partial charge on any atom is -0.508 e. The zero-order valence-corrected chi connectivity index (χ0v) is 28.3. The highest BCUT2D eigenvalue weighted by Gasteiger charge is 2.70. The number of ether oxygens (including phenoxy) is 2. The van der Waals surface area contributed by atoms with E-state index in [-0.39, 0.29) is 69.6 Å². The molecule has 2 aliphatic heterocycles. The van der Waals surface area contributed by atoms with Crippen LogP contribution < -0.4 is 9.47 Å². The molecule has 268 valence electrons. The average Bonchev–Trinajstić information content (AvgIpc) is 3.30. The van der Waals surface area contributed by atoms with Crippen molar-refractivity contribution in [3.8, 4) is 51.7 Å². The first-order valence-electron chi connectivity index (χ1n) is 16.5. The quantitative estimate of drug-likeness (QED) is 0.0824. The summed E-state index contributed by atoms with van der Waals surface area (Å²) < 4.78 is 12.3. The largest absolute Gasteiger partial charge is 0.508 e. The first-order valence-corrected chi connectivity index (χ1v) is 16.5. The van der Waals surface area contributed by atoms with Crippen LogP contribution in [0.15, 0.2) is 84.0 Å². The predicted molar refractivity (Wildman–Crippen MR) is 185 cm³/mol. The summed E-state index contributed by atoms with van der Waals surface area (Å²) in [5.41, 5.74) is -1.30. The number of hydrogen-bond acceptors (Lipinski definition) is 12. The average molecular weight is 709 g/mol. The molecule has 4 aromatic rings. The fourth-order valence-electron chi connectivity index (χ4n) is 7.81. The number of rotatable bonds is 6. The Kier molecular flexibility index (Phi) is 7.91. The third kappa shape index (κ3) is 5.09. The molecule has 0 spiro atoms. The van der Waals surface area contributed by atoms with Crippen LogP contribution in [-0.4, -0.2) is 58.0 Å². The number of ketones is 2. The van der Waals surface area contributed by atoms with Gasteiger partial charge in [-0.2, -0.15) is 0 Å². The van der Waals surface area contributed by atoms with Gasteiger partial charge in [-0.05, 0) is 63.1 Å². The van der Waals surface area contributed by atoms with Crippen LogP contribution in [0.2, 0.25) is 0 Å². The molecule has 0 radical (unpaired) electrons. The van der Waals surface area contributed by atoms with Gasteiger partial charge in [0, 0.05) is 54.0 Å². The van der Waals surface area contributed by atoms with Crippen LogP contribution in [0.1, 0.15) is 82.9 Å². The van der Waals surface area contributed by atoms with Crippen molar-refractivity contribution in [2.75, 3.05) is 0 Å². The van der Waals surface area contributed by atoms with Gasteiger partial charge in [0.15, 0.2) is 5.78 Å². The molecule has 7 rings (SSSR count). The first-order chi connectivity index (χ1) is 24.6. The van der Waals surface area contributed by atoms with Crippen LogP contribution in [0.4, 0.5) is 0 Å². The van der Waals surface area contributed by atoms with Gasteiger partial charge in [-0.25, -0.2) is 0 Å². The van der Waals surface area contributed by atoms with Gasteiger partial charge in [-0.15, -0.1) is 0 Å². The summed E-state index contributed by atoms with van der Waals surface area (Å²) in [6.07, 6.45) is 3.28. The molecule has 52 heavy (non-hydrogen) atoms.